The van der Waals surface area contributed by atoms with Gasteiger partial charge in [-0.1, -0.05) is 35.1 Å². The summed E-state index contributed by atoms with van der Waals surface area (Å²) in [5, 5.41) is 13.6. The minimum atomic E-state index is -0.911. The first-order valence-electron chi connectivity index (χ1n) is 11.0. The van der Waals surface area contributed by atoms with Crippen molar-refractivity contribution in [2.24, 2.45) is 0 Å². The van der Waals surface area contributed by atoms with Crippen LogP contribution >= 0.6 is 11.8 Å². The maximum absolute atomic E-state index is 14.7. The molecule has 1 N–H and O–H groups in total. The van der Waals surface area contributed by atoms with E-state index in [0.29, 0.717) is 21.8 Å². The summed E-state index contributed by atoms with van der Waals surface area (Å²) in [5.41, 5.74) is 1.95. The zero-order valence-electron chi connectivity index (χ0n) is 19.5. The van der Waals surface area contributed by atoms with Crippen molar-refractivity contribution in [1.82, 2.24) is 10.1 Å². The van der Waals surface area contributed by atoms with Gasteiger partial charge in [0.25, 0.3) is 0 Å². The van der Waals surface area contributed by atoms with Gasteiger partial charge in [-0.25, -0.2) is 19.1 Å². The van der Waals surface area contributed by atoms with Crippen molar-refractivity contribution in [3.05, 3.63) is 83.9 Å². The number of pyridine rings is 1. The molecule has 184 valence electrons. The van der Waals surface area contributed by atoms with Crippen molar-refractivity contribution >= 4 is 35.2 Å². The van der Waals surface area contributed by atoms with Crippen LogP contribution in [-0.2, 0) is 16.0 Å². The van der Waals surface area contributed by atoms with Crippen LogP contribution in [0.1, 0.15) is 18.2 Å². The number of benzene rings is 2. The summed E-state index contributed by atoms with van der Waals surface area (Å²) in [7, 11) is 0. The number of hydrogen-bond donors (Lipinski definition) is 1. The molecule has 8 nitrogen and oxygen atoms in total. The SMILES string of the molecule is CCOC(=O)N(c1ccccc1F)c1c(C)noc1-c1ccc(Sc2ccc(CC(=O)O)cn2)cc1. The van der Waals surface area contributed by atoms with E-state index in [2.05, 4.69) is 10.1 Å². The number of aliphatic carboxylic acids is 1. The molecule has 10 heteroatoms. The van der Waals surface area contributed by atoms with Gasteiger partial charge in [-0.3, -0.25) is 4.79 Å². The minimum Gasteiger partial charge on any atom is -0.481 e. The molecule has 0 aliphatic heterocycles. The number of para-hydroxylation sites is 1. The van der Waals surface area contributed by atoms with E-state index in [-0.39, 0.29) is 30.2 Å². The maximum Gasteiger partial charge on any atom is 0.419 e. The van der Waals surface area contributed by atoms with Crippen LogP contribution in [0.15, 0.2) is 81.3 Å². The molecule has 0 radical (unpaired) electrons. The van der Waals surface area contributed by atoms with Gasteiger partial charge in [-0.05, 0) is 61.9 Å². The Morgan fingerprint density at radius 1 is 1.11 bits per heavy atom. The molecule has 0 aliphatic rings. The second-order valence-electron chi connectivity index (χ2n) is 7.63. The zero-order chi connectivity index (χ0) is 25.7. The topological polar surface area (TPSA) is 106 Å². The van der Waals surface area contributed by atoms with Gasteiger partial charge in [-0.2, -0.15) is 0 Å². The molecule has 1 amide bonds. The molecule has 0 saturated heterocycles. The first-order valence-corrected chi connectivity index (χ1v) is 11.8. The summed E-state index contributed by atoms with van der Waals surface area (Å²) in [4.78, 5) is 30.0. The highest BCUT2D eigenvalue weighted by atomic mass is 32.2. The Balaban J connectivity index is 1.63. The Bertz CT molecular complexity index is 1370. The van der Waals surface area contributed by atoms with Crippen LogP contribution in [0.3, 0.4) is 0 Å². The van der Waals surface area contributed by atoms with Crippen LogP contribution in [0.4, 0.5) is 20.6 Å². The maximum atomic E-state index is 14.7. The Morgan fingerprint density at radius 2 is 1.86 bits per heavy atom. The Morgan fingerprint density at radius 3 is 2.50 bits per heavy atom. The molecule has 36 heavy (non-hydrogen) atoms. The number of carbonyl (C=O) groups is 2. The van der Waals surface area contributed by atoms with Gasteiger partial charge >= 0.3 is 12.1 Å². The highest BCUT2D eigenvalue weighted by Crippen LogP contribution is 2.40. The van der Waals surface area contributed by atoms with Gasteiger partial charge in [-0.15, -0.1) is 0 Å². The van der Waals surface area contributed by atoms with Crippen molar-refractivity contribution in [1.29, 1.82) is 0 Å². The Kier molecular flexibility index (Phi) is 7.65. The van der Waals surface area contributed by atoms with Crippen molar-refractivity contribution in [3.8, 4) is 11.3 Å². The molecule has 0 bridgehead atoms. The van der Waals surface area contributed by atoms with E-state index in [0.717, 1.165) is 9.80 Å². The molecule has 0 fully saturated rings. The predicted molar refractivity (Wildman–Crippen MR) is 132 cm³/mol. The fraction of sp³-hybridized carbons (Fsp3) is 0.154. The van der Waals surface area contributed by atoms with Gasteiger partial charge in [0.1, 0.15) is 22.2 Å². The second-order valence-corrected chi connectivity index (χ2v) is 8.73. The molecule has 0 spiro atoms. The molecule has 0 atom stereocenters. The van der Waals surface area contributed by atoms with E-state index in [1.807, 2.05) is 12.1 Å². The van der Waals surface area contributed by atoms with Crippen LogP contribution in [0.5, 0.6) is 0 Å². The molecular formula is C26H22FN3O5S. The largest absolute Gasteiger partial charge is 0.481 e. The number of rotatable bonds is 8. The molecule has 4 aromatic rings. The third kappa shape index (κ3) is 5.55. The van der Waals surface area contributed by atoms with E-state index in [1.54, 1.807) is 50.4 Å². The molecule has 0 unspecified atom stereocenters. The fourth-order valence-corrected chi connectivity index (χ4v) is 4.25. The van der Waals surface area contributed by atoms with Gasteiger partial charge < -0.3 is 14.4 Å². The van der Waals surface area contributed by atoms with Crippen molar-refractivity contribution in [2.45, 2.75) is 30.2 Å². The number of aromatic nitrogens is 2. The molecule has 0 saturated carbocycles. The number of nitrogens with zero attached hydrogens (tertiary/aromatic N) is 3. The summed E-state index contributed by atoms with van der Waals surface area (Å²) in [5.74, 6) is -1.21. The minimum absolute atomic E-state index is 0.0214. The number of aryl methyl sites for hydroxylation is 1. The lowest BCUT2D eigenvalue weighted by atomic mass is 10.1. The van der Waals surface area contributed by atoms with Crippen molar-refractivity contribution in [2.75, 3.05) is 11.5 Å². The summed E-state index contributed by atoms with van der Waals surface area (Å²) in [6.45, 7) is 3.45. The van der Waals surface area contributed by atoms with Crippen LogP contribution in [0, 0.1) is 12.7 Å². The number of hydrogen-bond acceptors (Lipinski definition) is 7. The highest BCUT2D eigenvalue weighted by molar-refractivity contribution is 7.99. The van der Waals surface area contributed by atoms with E-state index < -0.39 is 17.9 Å². The first-order chi connectivity index (χ1) is 17.4. The van der Waals surface area contributed by atoms with Crippen LogP contribution in [0.25, 0.3) is 11.3 Å². The molecular weight excluding hydrogens is 485 g/mol. The first kappa shape index (κ1) is 24.9. The van der Waals surface area contributed by atoms with E-state index in [4.69, 9.17) is 14.4 Å². The number of halogens is 1. The number of carboxylic acid groups (broad SMARTS) is 1. The monoisotopic (exact) mass is 507 g/mol. The van der Waals surface area contributed by atoms with Crippen molar-refractivity contribution in [3.63, 3.8) is 0 Å². The normalized spacial score (nSPS) is 10.8. The lowest BCUT2D eigenvalue weighted by Gasteiger charge is -2.22. The second kappa shape index (κ2) is 11.0. The lowest BCUT2D eigenvalue weighted by Crippen LogP contribution is -2.28. The molecule has 2 aromatic carbocycles. The third-order valence-electron chi connectivity index (χ3n) is 5.09. The number of ether oxygens (including phenoxy) is 1. The molecule has 0 aliphatic carbocycles. The van der Waals surface area contributed by atoms with E-state index >= 15 is 0 Å². The van der Waals surface area contributed by atoms with Gasteiger partial charge in [0, 0.05) is 16.7 Å². The van der Waals surface area contributed by atoms with Gasteiger partial charge in [0.15, 0.2) is 5.76 Å². The number of amides is 1. The Hall–Kier alpha value is -4.18. The quantitative estimate of drug-likeness (QED) is 0.298. The Labute approximate surface area is 210 Å². The number of carbonyl (C=O) groups excluding carboxylic acids is 1. The molecule has 2 aromatic heterocycles. The standard InChI is InChI=1S/C26H22FN3O5S/c1-3-34-26(33)30(21-7-5-4-6-20(21)27)24-16(2)29-35-25(24)18-9-11-19(12-10-18)36-22-13-8-17(15-28-22)14-23(31)32/h4-13,15H,3,14H2,1-2H3,(H,31,32). The molecule has 2 heterocycles. The zero-order valence-corrected chi connectivity index (χ0v) is 20.3. The van der Waals surface area contributed by atoms with Gasteiger partial charge in [0.2, 0.25) is 0 Å². The van der Waals surface area contributed by atoms with Crippen LogP contribution in [0.2, 0.25) is 0 Å². The van der Waals surface area contributed by atoms with Crippen molar-refractivity contribution < 1.29 is 28.3 Å². The fourth-order valence-electron chi connectivity index (χ4n) is 3.49. The summed E-state index contributed by atoms with van der Waals surface area (Å²) in [6.07, 6.45) is 0.710. The third-order valence-corrected chi connectivity index (χ3v) is 6.05. The predicted octanol–water partition coefficient (Wildman–Crippen LogP) is 6.26. The average Bonchev–Trinajstić information content (AvgIpc) is 3.23. The van der Waals surface area contributed by atoms with Crippen LogP contribution in [-0.4, -0.2) is 33.9 Å². The smallest absolute Gasteiger partial charge is 0.419 e. The summed E-state index contributed by atoms with van der Waals surface area (Å²) in [6, 6.07) is 16.7. The number of anilines is 2. The lowest BCUT2D eigenvalue weighted by molar-refractivity contribution is -0.136. The van der Waals surface area contributed by atoms with Crippen LogP contribution < -0.4 is 4.90 Å². The van der Waals surface area contributed by atoms with E-state index in [9.17, 15) is 14.0 Å². The number of carboxylic acids is 1. The highest BCUT2D eigenvalue weighted by Gasteiger charge is 2.30. The average molecular weight is 508 g/mol. The molecule has 4 rings (SSSR count). The van der Waals surface area contributed by atoms with Gasteiger partial charge in [0.05, 0.1) is 18.7 Å². The summed E-state index contributed by atoms with van der Waals surface area (Å²) < 4.78 is 25.5. The summed E-state index contributed by atoms with van der Waals surface area (Å²) >= 11 is 1.41. The van der Waals surface area contributed by atoms with E-state index in [1.165, 1.54) is 30.0 Å².